The van der Waals surface area contributed by atoms with Gasteiger partial charge in [0, 0.05) is 11.5 Å². The molecule has 0 aliphatic heterocycles. The van der Waals surface area contributed by atoms with Crippen LogP contribution in [0, 0.1) is 11.8 Å². The molecule has 1 saturated carbocycles. The molecule has 0 heterocycles. The Morgan fingerprint density at radius 2 is 1.81 bits per heavy atom. The largest absolute Gasteiger partial charge is 0.494 e. The normalized spacial score (nSPS) is 22.9. The zero-order chi connectivity index (χ0) is 15.5. The van der Waals surface area contributed by atoms with Crippen LogP contribution >= 0.6 is 0 Å². The van der Waals surface area contributed by atoms with E-state index in [0.717, 1.165) is 0 Å². The van der Waals surface area contributed by atoms with Crippen LogP contribution in [0.5, 0.6) is 5.75 Å². The molecular formula is C16H19F3O2. The van der Waals surface area contributed by atoms with Crippen LogP contribution in [0.15, 0.2) is 24.3 Å². The number of halogens is 3. The first-order chi connectivity index (χ1) is 9.93. The predicted octanol–water partition coefficient (Wildman–Crippen LogP) is 4.64. The zero-order valence-electron chi connectivity index (χ0n) is 12.0. The fourth-order valence-corrected chi connectivity index (χ4v) is 2.93. The van der Waals surface area contributed by atoms with Gasteiger partial charge in [-0.2, -0.15) is 13.2 Å². The van der Waals surface area contributed by atoms with Crippen molar-refractivity contribution in [2.75, 3.05) is 6.61 Å². The minimum atomic E-state index is -4.30. The van der Waals surface area contributed by atoms with Crippen LogP contribution in [-0.4, -0.2) is 18.6 Å². The second kappa shape index (κ2) is 6.50. The molecule has 5 heteroatoms. The van der Waals surface area contributed by atoms with Gasteiger partial charge in [0.25, 0.3) is 0 Å². The van der Waals surface area contributed by atoms with Gasteiger partial charge in [0.1, 0.15) is 5.75 Å². The van der Waals surface area contributed by atoms with Gasteiger partial charge in [-0.15, -0.1) is 0 Å². The van der Waals surface area contributed by atoms with Gasteiger partial charge < -0.3 is 4.74 Å². The van der Waals surface area contributed by atoms with Crippen molar-refractivity contribution < 1.29 is 22.7 Å². The Morgan fingerprint density at radius 3 is 2.38 bits per heavy atom. The summed E-state index contributed by atoms with van der Waals surface area (Å²) in [5.74, 6) is -2.24. The third kappa shape index (κ3) is 3.77. The summed E-state index contributed by atoms with van der Waals surface area (Å²) in [6.07, 6.45) is -2.71. The summed E-state index contributed by atoms with van der Waals surface area (Å²) in [6.45, 7) is 2.35. The number of hydrogen-bond donors (Lipinski definition) is 0. The highest BCUT2D eigenvalue weighted by molar-refractivity contribution is 5.98. The second-order valence-corrected chi connectivity index (χ2v) is 5.36. The molecule has 1 aromatic rings. The molecule has 2 atom stereocenters. The Balaban J connectivity index is 2.16. The number of rotatable bonds is 4. The molecular weight excluding hydrogens is 281 g/mol. The van der Waals surface area contributed by atoms with Crippen LogP contribution in [0.1, 0.15) is 43.0 Å². The van der Waals surface area contributed by atoms with E-state index in [4.69, 9.17) is 4.74 Å². The first-order valence-corrected chi connectivity index (χ1v) is 7.27. The number of hydrogen-bond acceptors (Lipinski definition) is 2. The molecule has 116 valence electrons. The Hall–Kier alpha value is -1.52. The standard InChI is InChI=1S/C16H19F3O2/c1-2-21-12-9-7-11(8-10-12)15(20)13-5-3-4-6-14(13)16(17,18)19/h7-10,13-14H,2-6H2,1H3. The minimum Gasteiger partial charge on any atom is -0.494 e. The molecule has 1 aliphatic carbocycles. The van der Waals surface area contributed by atoms with Crippen molar-refractivity contribution in [3.8, 4) is 5.75 Å². The minimum absolute atomic E-state index is 0.0525. The fraction of sp³-hybridized carbons (Fsp3) is 0.562. The van der Waals surface area contributed by atoms with Crippen molar-refractivity contribution in [3.63, 3.8) is 0 Å². The van der Waals surface area contributed by atoms with E-state index >= 15 is 0 Å². The predicted molar refractivity (Wildman–Crippen MR) is 73.4 cm³/mol. The molecule has 1 aliphatic rings. The van der Waals surface area contributed by atoms with Gasteiger partial charge in [-0.05, 0) is 44.0 Å². The van der Waals surface area contributed by atoms with Crippen molar-refractivity contribution >= 4 is 5.78 Å². The van der Waals surface area contributed by atoms with Gasteiger partial charge in [-0.25, -0.2) is 0 Å². The molecule has 0 bridgehead atoms. The lowest BCUT2D eigenvalue weighted by atomic mass is 9.75. The summed E-state index contributed by atoms with van der Waals surface area (Å²) in [6, 6.07) is 6.36. The number of benzene rings is 1. The first-order valence-electron chi connectivity index (χ1n) is 7.27. The number of Topliss-reactive ketones (excluding diaryl/α,β-unsaturated/α-hetero) is 1. The lowest BCUT2D eigenvalue weighted by molar-refractivity contribution is -0.190. The van der Waals surface area contributed by atoms with Gasteiger partial charge in [0.05, 0.1) is 12.5 Å². The maximum Gasteiger partial charge on any atom is 0.392 e. The summed E-state index contributed by atoms with van der Waals surface area (Å²) in [4.78, 5) is 12.4. The number of ketones is 1. The number of carbonyl (C=O) groups excluding carboxylic acids is 1. The highest BCUT2D eigenvalue weighted by atomic mass is 19.4. The summed E-state index contributed by atoms with van der Waals surface area (Å²) >= 11 is 0. The van der Waals surface area contributed by atoms with Crippen LogP contribution in [0.25, 0.3) is 0 Å². The molecule has 0 radical (unpaired) electrons. The van der Waals surface area contributed by atoms with Crippen LogP contribution in [-0.2, 0) is 0 Å². The van der Waals surface area contributed by atoms with E-state index in [0.29, 0.717) is 37.2 Å². The average molecular weight is 300 g/mol. The molecule has 0 amide bonds. The summed E-state index contributed by atoms with van der Waals surface area (Å²) in [5.41, 5.74) is 0.333. The van der Waals surface area contributed by atoms with Crippen LogP contribution in [0.3, 0.4) is 0 Å². The van der Waals surface area contributed by atoms with Crippen molar-refractivity contribution in [1.82, 2.24) is 0 Å². The van der Waals surface area contributed by atoms with Gasteiger partial charge in [-0.3, -0.25) is 4.79 Å². The maximum atomic E-state index is 13.1. The molecule has 2 nitrogen and oxygen atoms in total. The van der Waals surface area contributed by atoms with E-state index in [2.05, 4.69) is 0 Å². The van der Waals surface area contributed by atoms with Crippen LogP contribution in [0.4, 0.5) is 13.2 Å². The molecule has 1 fully saturated rings. The quantitative estimate of drug-likeness (QED) is 0.757. The number of ether oxygens (including phenoxy) is 1. The molecule has 1 aromatic carbocycles. The van der Waals surface area contributed by atoms with Crippen molar-refractivity contribution in [2.45, 2.75) is 38.8 Å². The SMILES string of the molecule is CCOc1ccc(C(=O)C2CCCCC2C(F)(F)F)cc1. The molecule has 2 unspecified atom stereocenters. The van der Waals surface area contributed by atoms with E-state index in [1.807, 2.05) is 6.92 Å². The third-order valence-electron chi connectivity index (χ3n) is 3.97. The van der Waals surface area contributed by atoms with E-state index in [1.54, 1.807) is 24.3 Å². The summed E-state index contributed by atoms with van der Waals surface area (Å²) in [7, 11) is 0. The molecule has 0 saturated heterocycles. The van der Waals surface area contributed by atoms with Gasteiger partial charge >= 0.3 is 6.18 Å². The zero-order valence-corrected chi connectivity index (χ0v) is 12.0. The molecule has 0 N–H and O–H groups in total. The molecule has 21 heavy (non-hydrogen) atoms. The Morgan fingerprint density at radius 1 is 1.19 bits per heavy atom. The van der Waals surface area contributed by atoms with Crippen molar-refractivity contribution in [3.05, 3.63) is 29.8 Å². The van der Waals surface area contributed by atoms with Crippen molar-refractivity contribution in [2.24, 2.45) is 11.8 Å². The first kappa shape index (κ1) is 15.9. The number of alkyl halides is 3. The third-order valence-corrected chi connectivity index (χ3v) is 3.97. The van der Waals surface area contributed by atoms with E-state index in [-0.39, 0.29) is 6.42 Å². The van der Waals surface area contributed by atoms with Crippen LogP contribution in [0.2, 0.25) is 0 Å². The summed E-state index contributed by atoms with van der Waals surface area (Å²) < 4.78 is 44.4. The highest BCUT2D eigenvalue weighted by Crippen LogP contribution is 2.42. The fourth-order valence-electron chi connectivity index (χ4n) is 2.93. The lowest BCUT2D eigenvalue weighted by Crippen LogP contribution is -2.37. The van der Waals surface area contributed by atoms with E-state index < -0.39 is 23.8 Å². The van der Waals surface area contributed by atoms with E-state index in [9.17, 15) is 18.0 Å². The van der Waals surface area contributed by atoms with Gasteiger partial charge in [0.2, 0.25) is 0 Å². The Bertz CT molecular complexity index is 479. The number of carbonyl (C=O) groups is 1. The molecule has 0 spiro atoms. The lowest BCUT2D eigenvalue weighted by Gasteiger charge is -2.32. The van der Waals surface area contributed by atoms with Crippen LogP contribution < -0.4 is 4.74 Å². The monoisotopic (exact) mass is 300 g/mol. The molecule has 0 aromatic heterocycles. The van der Waals surface area contributed by atoms with Gasteiger partial charge in [-0.1, -0.05) is 12.8 Å². The second-order valence-electron chi connectivity index (χ2n) is 5.36. The Labute approximate surface area is 122 Å². The van der Waals surface area contributed by atoms with Crippen molar-refractivity contribution in [1.29, 1.82) is 0 Å². The highest BCUT2D eigenvalue weighted by Gasteiger charge is 2.47. The van der Waals surface area contributed by atoms with Gasteiger partial charge in [0.15, 0.2) is 5.78 Å². The van der Waals surface area contributed by atoms with E-state index in [1.165, 1.54) is 0 Å². The average Bonchev–Trinajstić information content (AvgIpc) is 2.47. The molecule has 2 rings (SSSR count). The Kier molecular flexibility index (Phi) is 4.91. The summed E-state index contributed by atoms with van der Waals surface area (Å²) in [5, 5.41) is 0. The smallest absolute Gasteiger partial charge is 0.392 e. The topological polar surface area (TPSA) is 26.3 Å². The maximum absolute atomic E-state index is 13.1.